The van der Waals surface area contributed by atoms with E-state index in [1.54, 1.807) is 0 Å². The monoisotopic (exact) mass is 266 g/mol. The van der Waals surface area contributed by atoms with Crippen molar-refractivity contribution in [1.29, 1.82) is 0 Å². The lowest BCUT2D eigenvalue weighted by molar-refractivity contribution is 0.237. The zero-order chi connectivity index (χ0) is 12.8. The SMILES string of the molecule is O=C(NCCCCCl)NC1Cc2ccccc2C1. The van der Waals surface area contributed by atoms with Crippen LogP contribution in [0.4, 0.5) is 4.79 Å². The Hall–Kier alpha value is -1.22. The molecule has 2 amide bonds. The van der Waals surface area contributed by atoms with E-state index in [4.69, 9.17) is 11.6 Å². The molecule has 0 unspecified atom stereocenters. The zero-order valence-electron chi connectivity index (χ0n) is 10.4. The number of carbonyl (C=O) groups excluding carboxylic acids is 1. The summed E-state index contributed by atoms with van der Waals surface area (Å²) in [4.78, 5) is 11.7. The van der Waals surface area contributed by atoms with Crippen LogP contribution in [0, 0.1) is 0 Å². The molecule has 4 heteroatoms. The normalized spacial score (nSPS) is 14.3. The number of unbranched alkanes of at least 4 members (excludes halogenated alkanes) is 1. The third kappa shape index (κ3) is 3.64. The predicted octanol–water partition coefficient (Wildman–Crippen LogP) is 2.47. The molecule has 0 saturated carbocycles. The molecule has 1 aliphatic rings. The lowest BCUT2D eigenvalue weighted by Gasteiger charge is -2.12. The minimum Gasteiger partial charge on any atom is -0.338 e. The van der Waals surface area contributed by atoms with Gasteiger partial charge < -0.3 is 10.6 Å². The van der Waals surface area contributed by atoms with Gasteiger partial charge >= 0.3 is 6.03 Å². The Morgan fingerprint density at radius 2 is 1.89 bits per heavy atom. The average Bonchev–Trinajstić information content (AvgIpc) is 2.76. The van der Waals surface area contributed by atoms with Crippen molar-refractivity contribution in [3.8, 4) is 0 Å². The number of benzene rings is 1. The van der Waals surface area contributed by atoms with Crippen molar-refractivity contribution < 1.29 is 4.79 Å². The Kier molecular flexibility index (Phi) is 4.88. The molecular weight excluding hydrogens is 248 g/mol. The lowest BCUT2D eigenvalue weighted by Crippen LogP contribution is -2.42. The lowest BCUT2D eigenvalue weighted by atomic mass is 10.1. The molecule has 98 valence electrons. The van der Waals surface area contributed by atoms with Crippen molar-refractivity contribution in [1.82, 2.24) is 10.6 Å². The summed E-state index contributed by atoms with van der Waals surface area (Å²) >= 11 is 5.58. The van der Waals surface area contributed by atoms with Gasteiger partial charge in [0.05, 0.1) is 0 Å². The van der Waals surface area contributed by atoms with Gasteiger partial charge in [0.15, 0.2) is 0 Å². The fourth-order valence-electron chi connectivity index (χ4n) is 2.32. The molecule has 0 saturated heterocycles. The Morgan fingerprint density at radius 1 is 1.22 bits per heavy atom. The first kappa shape index (κ1) is 13.2. The van der Waals surface area contributed by atoms with Crippen LogP contribution in [0.2, 0.25) is 0 Å². The van der Waals surface area contributed by atoms with Crippen LogP contribution in [0.15, 0.2) is 24.3 Å². The van der Waals surface area contributed by atoms with Gasteiger partial charge in [0.2, 0.25) is 0 Å². The highest BCUT2D eigenvalue weighted by Crippen LogP contribution is 2.21. The molecule has 3 nitrogen and oxygen atoms in total. The Morgan fingerprint density at radius 3 is 2.50 bits per heavy atom. The largest absolute Gasteiger partial charge is 0.338 e. The minimum atomic E-state index is -0.0672. The van der Waals surface area contributed by atoms with Gasteiger partial charge in [-0.2, -0.15) is 0 Å². The van der Waals surface area contributed by atoms with Crippen LogP contribution in [-0.2, 0) is 12.8 Å². The molecule has 1 aliphatic carbocycles. The van der Waals surface area contributed by atoms with Gasteiger partial charge in [-0.3, -0.25) is 0 Å². The molecule has 2 rings (SSSR count). The molecule has 0 aliphatic heterocycles. The third-order valence-electron chi connectivity index (χ3n) is 3.23. The molecule has 0 heterocycles. The van der Waals surface area contributed by atoms with Crippen molar-refractivity contribution in [2.75, 3.05) is 12.4 Å². The van der Waals surface area contributed by atoms with Crippen LogP contribution in [0.3, 0.4) is 0 Å². The number of amides is 2. The van der Waals surface area contributed by atoms with E-state index in [1.807, 2.05) is 12.1 Å². The van der Waals surface area contributed by atoms with Gasteiger partial charge in [0, 0.05) is 18.5 Å². The van der Waals surface area contributed by atoms with Gasteiger partial charge in [-0.1, -0.05) is 24.3 Å². The molecule has 0 spiro atoms. The van der Waals surface area contributed by atoms with Crippen molar-refractivity contribution in [2.24, 2.45) is 0 Å². The number of alkyl halides is 1. The van der Waals surface area contributed by atoms with Crippen LogP contribution >= 0.6 is 11.6 Å². The fraction of sp³-hybridized carbons (Fsp3) is 0.500. The number of urea groups is 1. The highest BCUT2D eigenvalue weighted by molar-refractivity contribution is 6.17. The Balaban J connectivity index is 1.71. The zero-order valence-corrected chi connectivity index (χ0v) is 11.2. The second kappa shape index (κ2) is 6.64. The van der Waals surface area contributed by atoms with Crippen LogP contribution in [0.1, 0.15) is 24.0 Å². The topological polar surface area (TPSA) is 41.1 Å². The summed E-state index contributed by atoms with van der Waals surface area (Å²) in [6.45, 7) is 0.693. The molecule has 2 N–H and O–H groups in total. The second-order valence-corrected chi connectivity index (χ2v) is 5.05. The van der Waals surface area contributed by atoms with E-state index in [0.29, 0.717) is 12.4 Å². The number of rotatable bonds is 5. The minimum absolute atomic E-state index is 0.0672. The summed E-state index contributed by atoms with van der Waals surface area (Å²) in [5.74, 6) is 0.654. The molecule has 0 radical (unpaired) electrons. The molecule has 1 aromatic carbocycles. The summed E-state index contributed by atoms with van der Waals surface area (Å²) in [5, 5.41) is 5.88. The number of halogens is 1. The summed E-state index contributed by atoms with van der Waals surface area (Å²) < 4.78 is 0. The standard InChI is InChI=1S/C14H19ClN2O/c15-7-3-4-8-16-14(18)17-13-9-11-5-1-2-6-12(11)10-13/h1-2,5-6,13H,3-4,7-10H2,(H2,16,17,18). The number of hydrogen-bond acceptors (Lipinski definition) is 1. The summed E-state index contributed by atoms with van der Waals surface area (Å²) in [6.07, 6.45) is 3.75. The van der Waals surface area contributed by atoms with Crippen LogP contribution in [0.5, 0.6) is 0 Å². The number of nitrogens with one attached hydrogen (secondary N) is 2. The highest BCUT2D eigenvalue weighted by atomic mass is 35.5. The quantitative estimate of drug-likeness (QED) is 0.624. The molecule has 18 heavy (non-hydrogen) atoms. The summed E-state index contributed by atoms with van der Waals surface area (Å²) in [6, 6.07) is 8.53. The molecule has 0 aromatic heterocycles. The van der Waals surface area contributed by atoms with E-state index in [-0.39, 0.29) is 12.1 Å². The van der Waals surface area contributed by atoms with E-state index in [0.717, 1.165) is 25.7 Å². The van der Waals surface area contributed by atoms with Crippen molar-refractivity contribution in [2.45, 2.75) is 31.7 Å². The maximum Gasteiger partial charge on any atom is 0.315 e. The van der Waals surface area contributed by atoms with E-state index in [9.17, 15) is 4.79 Å². The summed E-state index contributed by atoms with van der Waals surface area (Å²) in [7, 11) is 0. The highest BCUT2D eigenvalue weighted by Gasteiger charge is 2.21. The van der Waals surface area contributed by atoms with E-state index < -0.39 is 0 Å². The maximum atomic E-state index is 11.7. The van der Waals surface area contributed by atoms with E-state index in [1.165, 1.54) is 11.1 Å². The van der Waals surface area contributed by atoms with Crippen molar-refractivity contribution in [3.05, 3.63) is 35.4 Å². The second-order valence-electron chi connectivity index (χ2n) is 4.67. The number of hydrogen-bond donors (Lipinski definition) is 2. The fourth-order valence-corrected chi connectivity index (χ4v) is 2.51. The van der Waals surface area contributed by atoms with Gasteiger partial charge in [-0.25, -0.2) is 4.79 Å². The molecule has 0 bridgehead atoms. The average molecular weight is 267 g/mol. The first-order valence-corrected chi connectivity index (χ1v) is 7.00. The Bertz CT molecular complexity index is 384. The van der Waals surface area contributed by atoms with Crippen LogP contribution < -0.4 is 10.6 Å². The van der Waals surface area contributed by atoms with Crippen molar-refractivity contribution in [3.63, 3.8) is 0 Å². The van der Waals surface area contributed by atoms with Gasteiger partial charge in [0.1, 0.15) is 0 Å². The van der Waals surface area contributed by atoms with E-state index in [2.05, 4.69) is 22.8 Å². The molecule has 1 aromatic rings. The first-order valence-electron chi connectivity index (χ1n) is 6.46. The van der Waals surface area contributed by atoms with E-state index >= 15 is 0 Å². The Labute approximate surface area is 113 Å². The van der Waals surface area contributed by atoms with Gasteiger partial charge in [0.25, 0.3) is 0 Å². The summed E-state index contributed by atoms with van der Waals surface area (Å²) in [5.41, 5.74) is 2.70. The smallest absolute Gasteiger partial charge is 0.315 e. The predicted molar refractivity (Wildman–Crippen MR) is 74.1 cm³/mol. The number of carbonyl (C=O) groups is 1. The van der Waals surface area contributed by atoms with Crippen LogP contribution in [0.25, 0.3) is 0 Å². The maximum absolute atomic E-state index is 11.7. The molecular formula is C14H19ClN2O. The van der Waals surface area contributed by atoms with Crippen molar-refractivity contribution >= 4 is 17.6 Å². The van der Waals surface area contributed by atoms with Crippen LogP contribution in [-0.4, -0.2) is 24.5 Å². The third-order valence-corrected chi connectivity index (χ3v) is 3.50. The van der Waals surface area contributed by atoms with Gasteiger partial charge in [-0.05, 0) is 36.8 Å². The number of fused-ring (bicyclic) bond motifs is 1. The van der Waals surface area contributed by atoms with Gasteiger partial charge in [-0.15, -0.1) is 11.6 Å². The molecule has 0 fully saturated rings. The molecule has 0 atom stereocenters. The first-order chi connectivity index (χ1) is 8.79.